The largest absolute Gasteiger partial charge is 0.508 e. The van der Waals surface area contributed by atoms with Gasteiger partial charge in [0, 0.05) is 34.3 Å². The highest BCUT2D eigenvalue weighted by Crippen LogP contribution is 2.35. The Labute approximate surface area is 174 Å². The van der Waals surface area contributed by atoms with Crippen molar-refractivity contribution in [2.24, 2.45) is 0 Å². The third-order valence-electron chi connectivity index (χ3n) is 3.93. The normalized spacial score (nSPS) is 13.2. The predicted octanol–water partition coefficient (Wildman–Crippen LogP) is 3.62. The van der Waals surface area contributed by atoms with Gasteiger partial charge in [0.2, 0.25) is 6.79 Å². The van der Waals surface area contributed by atoms with E-state index < -0.39 is 18.1 Å². The quantitative estimate of drug-likeness (QED) is 0.292. The SMILES string of the molecule is O=C(/C=C/C[C@@H](OC(=O)Nc1ccc2c(c1)OCO2)c1cc(Br)ccc1O)NO. The molecule has 3 rings (SSSR count). The van der Waals surface area contributed by atoms with E-state index in [-0.39, 0.29) is 19.0 Å². The molecule has 10 heteroatoms. The average molecular weight is 465 g/mol. The lowest BCUT2D eigenvalue weighted by molar-refractivity contribution is -0.124. The van der Waals surface area contributed by atoms with Gasteiger partial charge in [0.05, 0.1) is 0 Å². The fraction of sp³-hybridized carbons (Fsp3) is 0.158. The number of benzene rings is 2. The first-order chi connectivity index (χ1) is 14.0. The summed E-state index contributed by atoms with van der Waals surface area (Å²) < 4.78 is 16.6. The van der Waals surface area contributed by atoms with E-state index in [0.29, 0.717) is 27.2 Å². The third-order valence-corrected chi connectivity index (χ3v) is 4.43. The fourth-order valence-electron chi connectivity index (χ4n) is 2.61. The first kappa shape index (κ1) is 20.5. The number of phenols is 1. The van der Waals surface area contributed by atoms with Crippen molar-refractivity contribution in [3.8, 4) is 17.2 Å². The van der Waals surface area contributed by atoms with Gasteiger partial charge in [-0.2, -0.15) is 0 Å². The maximum Gasteiger partial charge on any atom is 0.412 e. The lowest BCUT2D eigenvalue weighted by atomic mass is 10.0. The number of anilines is 1. The number of nitrogens with one attached hydrogen (secondary N) is 2. The van der Waals surface area contributed by atoms with Gasteiger partial charge in [-0.3, -0.25) is 15.3 Å². The number of ether oxygens (including phenoxy) is 3. The van der Waals surface area contributed by atoms with Gasteiger partial charge < -0.3 is 19.3 Å². The molecule has 0 unspecified atom stereocenters. The molecule has 0 fully saturated rings. The summed E-state index contributed by atoms with van der Waals surface area (Å²) in [7, 11) is 0. The van der Waals surface area contributed by atoms with Crippen molar-refractivity contribution in [1.29, 1.82) is 0 Å². The highest BCUT2D eigenvalue weighted by atomic mass is 79.9. The van der Waals surface area contributed by atoms with E-state index in [2.05, 4.69) is 21.2 Å². The molecule has 1 atom stereocenters. The van der Waals surface area contributed by atoms with Crippen LogP contribution in [0, 0.1) is 0 Å². The molecule has 0 spiro atoms. The minimum absolute atomic E-state index is 0.0749. The summed E-state index contributed by atoms with van der Waals surface area (Å²) in [6.45, 7) is 0.112. The first-order valence-corrected chi connectivity index (χ1v) is 9.22. The number of fused-ring (bicyclic) bond motifs is 1. The van der Waals surface area contributed by atoms with Gasteiger partial charge in [0.1, 0.15) is 11.9 Å². The molecule has 2 aromatic rings. The molecule has 2 aromatic carbocycles. The fourth-order valence-corrected chi connectivity index (χ4v) is 2.99. The molecule has 1 aliphatic rings. The molecule has 9 nitrogen and oxygen atoms in total. The standard InChI is InChI=1S/C19H17BrN2O7/c20-11-4-6-14(23)13(8-11)15(2-1-3-18(24)22-26)29-19(25)21-12-5-7-16-17(9-12)28-10-27-16/h1,3-9,15,23,26H,2,10H2,(H,21,25)(H,22,24)/b3-1+/t15-/m1/s1. The molecule has 1 aliphatic heterocycles. The molecule has 29 heavy (non-hydrogen) atoms. The van der Waals surface area contributed by atoms with E-state index >= 15 is 0 Å². The van der Waals surface area contributed by atoms with Crippen LogP contribution in [0.15, 0.2) is 53.0 Å². The lowest BCUT2D eigenvalue weighted by Crippen LogP contribution is -2.18. The van der Waals surface area contributed by atoms with Crippen molar-refractivity contribution in [3.63, 3.8) is 0 Å². The van der Waals surface area contributed by atoms with Gasteiger partial charge in [-0.1, -0.05) is 22.0 Å². The second-order valence-electron chi connectivity index (χ2n) is 5.90. The maximum atomic E-state index is 12.4. The molecule has 0 aliphatic carbocycles. The summed E-state index contributed by atoms with van der Waals surface area (Å²) in [6, 6.07) is 9.58. The summed E-state index contributed by atoms with van der Waals surface area (Å²) in [5.74, 6) is 0.274. The number of amides is 2. The van der Waals surface area contributed by atoms with Crippen LogP contribution < -0.4 is 20.3 Å². The van der Waals surface area contributed by atoms with Crippen LogP contribution in [0.5, 0.6) is 17.2 Å². The zero-order valence-corrected chi connectivity index (χ0v) is 16.5. The number of rotatable bonds is 6. The molecule has 152 valence electrons. The van der Waals surface area contributed by atoms with Crippen LogP contribution in [0.3, 0.4) is 0 Å². The second kappa shape index (κ2) is 9.30. The number of hydrogen-bond acceptors (Lipinski definition) is 7. The molecule has 0 saturated carbocycles. The van der Waals surface area contributed by atoms with Crippen LogP contribution in [0.25, 0.3) is 0 Å². The van der Waals surface area contributed by atoms with Gasteiger partial charge in [-0.15, -0.1) is 0 Å². The number of carbonyl (C=O) groups is 2. The Hall–Kier alpha value is -3.24. The van der Waals surface area contributed by atoms with E-state index in [1.165, 1.54) is 17.6 Å². The second-order valence-corrected chi connectivity index (χ2v) is 6.82. The Morgan fingerprint density at radius 3 is 2.79 bits per heavy atom. The maximum absolute atomic E-state index is 12.4. The summed E-state index contributed by atoms with van der Waals surface area (Å²) in [4.78, 5) is 23.6. The minimum Gasteiger partial charge on any atom is -0.508 e. The third kappa shape index (κ3) is 5.39. The summed E-state index contributed by atoms with van der Waals surface area (Å²) in [5, 5.41) is 21.3. The highest BCUT2D eigenvalue weighted by molar-refractivity contribution is 9.10. The Morgan fingerprint density at radius 1 is 1.21 bits per heavy atom. The van der Waals surface area contributed by atoms with Gasteiger partial charge in [-0.25, -0.2) is 10.3 Å². The van der Waals surface area contributed by atoms with Gasteiger partial charge >= 0.3 is 6.09 Å². The number of carbonyl (C=O) groups excluding carboxylic acids is 2. The molecule has 0 saturated heterocycles. The number of hydroxylamine groups is 1. The van der Waals surface area contributed by atoms with Crippen molar-refractivity contribution >= 4 is 33.6 Å². The highest BCUT2D eigenvalue weighted by Gasteiger charge is 2.21. The Balaban J connectivity index is 1.74. The molecular weight excluding hydrogens is 448 g/mol. The molecule has 4 N–H and O–H groups in total. The molecule has 0 radical (unpaired) electrons. The Bertz CT molecular complexity index is 948. The molecular formula is C19H17BrN2O7. The van der Waals surface area contributed by atoms with Crippen LogP contribution in [0.2, 0.25) is 0 Å². The number of aromatic hydroxyl groups is 1. The molecule has 0 bridgehead atoms. The predicted molar refractivity (Wildman–Crippen MR) is 105 cm³/mol. The average Bonchev–Trinajstić information content (AvgIpc) is 3.16. The lowest BCUT2D eigenvalue weighted by Gasteiger charge is -2.19. The van der Waals surface area contributed by atoms with Crippen molar-refractivity contribution in [2.45, 2.75) is 12.5 Å². The molecule has 2 amide bonds. The van der Waals surface area contributed by atoms with E-state index in [4.69, 9.17) is 19.4 Å². The van der Waals surface area contributed by atoms with Crippen LogP contribution in [-0.4, -0.2) is 29.1 Å². The van der Waals surface area contributed by atoms with Crippen LogP contribution in [0.4, 0.5) is 10.5 Å². The topological polar surface area (TPSA) is 126 Å². The summed E-state index contributed by atoms with van der Waals surface area (Å²) in [5.41, 5.74) is 2.25. The molecule has 0 aromatic heterocycles. The van der Waals surface area contributed by atoms with Crippen LogP contribution >= 0.6 is 15.9 Å². The zero-order valence-electron chi connectivity index (χ0n) is 14.9. The van der Waals surface area contributed by atoms with Gasteiger partial charge in [0.15, 0.2) is 11.5 Å². The Morgan fingerprint density at radius 2 is 2.00 bits per heavy atom. The number of hydrogen-bond donors (Lipinski definition) is 4. The summed E-state index contributed by atoms with van der Waals surface area (Å²) in [6.07, 6.45) is 0.898. The smallest absolute Gasteiger partial charge is 0.412 e. The van der Waals surface area contributed by atoms with E-state index in [0.717, 1.165) is 6.08 Å². The number of halogens is 1. The van der Waals surface area contributed by atoms with E-state index in [9.17, 15) is 14.7 Å². The van der Waals surface area contributed by atoms with E-state index in [1.807, 2.05) is 0 Å². The van der Waals surface area contributed by atoms with Gasteiger partial charge in [-0.05, 0) is 30.3 Å². The van der Waals surface area contributed by atoms with Crippen LogP contribution in [-0.2, 0) is 9.53 Å². The Kier molecular flexibility index (Phi) is 6.57. The van der Waals surface area contributed by atoms with Crippen molar-refractivity contribution < 1.29 is 34.1 Å². The first-order valence-electron chi connectivity index (χ1n) is 8.42. The number of phenolic OH excluding ortho intramolecular Hbond substituents is 1. The van der Waals surface area contributed by atoms with Crippen molar-refractivity contribution in [1.82, 2.24) is 5.48 Å². The zero-order chi connectivity index (χ0) is 20.8. The van der Waals surface area contributed by atoms with E-state index in [1.54, 1.807) is 30.3 Å². The minimum atomic E-state index is -0.899. The van der Waals surface area contributed by atoms with Crippen molar-refractivity contribution in [2.75, 3.05) is 12.1 Å². The monoisotopic (exact) mass is 464 g/mol. The molecule has 1 heterocycles. The summed E-state index contributed by atoms with van der Waals surface area (Å²) >= 11 is 3.31. The van der Waals surface area contributed by atoms with Crippen LogP contribution in [0.1, 0.15) is 18.1 Å². The van der Waals surface area contributed by atoms with Gasteiger partial charge in [0.25, 0.3) is 5.91 Å². The van der Waals surface area contributed by atoms with Crippen molar-refractivity contribution in [3.05, 3.63) is 58.6 Å².